The molecule has 1 aromatic rings. The van der Waals surface area contributed by atoms with Crippen molar-refractivity contribution >= 4 is 6.09 Å². The molecule has 2 heterocycles. The van der Waals surface area contributed by atoms with Gasteiger partial charge in [-0.25, -0.2) is 14.8 Å². The smallest absolute Gasteiger partial charge is 0.410 e. The van der Waals surface area contributed by atoms with Gasteiger partial charge in [-0.05, 0) is 27.7 Å². The van der Waals surface area contributed by atoms with Crippen molar-refractivity contribution in [3.63, 3.8) is 0 Å². The number of hydrogen-bond donors (Lipinski definition) is 1. The van der Waals surface area contributed by atoms with Crippen LogP contribution in [0, 0.1) is 0 Å². The molecule has 1 amide bonds. The van der Waals surface area contributed by atoms with Crippen LogP contribution in [0.4, 0.5) is 4.79 Å². The highest BCUT2D eigenvalue weighted by molar-refractivity contribution is 5.68. The molecule has 1 aliphatic heterocycles. The molecule has 0 saturated heterocycles. The van der Waals surface area contributed by atoms with Gasteiger partial charge in [-0.2, -0.15) is 0 Å². The summed E-state index contributed by atoms with van der Waals surface area (Å²) in [6.07, 6.45) is 2.25. The monoisotopic (exact) mass is 336 g/mol. The van der Waals surface area contributed by atoms with Gasteiger partial charge in [0.25, 0.3) is 0 Å². The number of rotatable bonds is 5. The van der Waals surface area contributed by atoms with Crippen LogP contribution in [0.1, 0.15) is 44.8 Å². The third-order valence-electron chi connectivity index (χ3n) is 3.66. The fourth-order valence-electron chi connectivity index (χ4n) is 2.50. The largest absolute Gasteiger partial charge is 0.444 e. The summed E-state index contributed by atoms with van der Waals surface area (Å²) in [5.74, 6) is 0.766. The number of nitrogens with zero attached hydrogens (tertiary/aromatic N) is 3. The van der Waals surface area contributed by atoms with E-state index in [4.69, 9.17) is 9.47 Å². The molecule has 1 aromatic heterocycles. The Bertz CT molecular complexity index is 571. The van der Waals surface area contributed by atoms with E-state index in [-0.39, 0.29) is 12.1 Å². The Hall–Kier alpha value is -1.73. The molecule has 0 aromatic carbocycles. The highest BCUT2D eigenvalue weighted by Crippen LogP contribution is 2.19. The Morgan fingerprint density at radius 1 is 1.46 bits per heavy atom. The molecule has 2 rings (SSSR count). The maximum atomic E-state index is 12.2. The van der Waals surface area contributed by atoms with Gasteiger partial charge >= 0.3 is 6.09 Å². The van der Waals surface area contributed by atoms with Crippen LogP contribution in [0.2, 0.25) is 0 Å². The van der Waals surface area contributed by atoms with Gasteiger partial charge in [0, 0.05) is 37.9 Å². The molecule has 0 fully saturated rings. The Kier molecular flexibility index (Phi) is 6.12. The van der Waals surface area contributed by atoms with Gasteiger partial charge in [-0.3, -0.25) is 0 Å². The minimum Gasteiger partial charge on any atom is -0.444 e. The molecule has 1 atom stereocenters. The van der Waals surface area contributed by atoms with Gasteiger partial charge < -0.3 is 19.7 Å². The number of amides is 1. The van der Waals surface area contributed by atoms with Crippen molar-refractivity contribution in [1.29, 1.82) is 0 Å². The van der Waals surface area contributed by atoms with E-state index in [1.807, 2.05) is 27.0 Å². The second kappa shape index (κ2) is 7.90. The van der Waals surface area contributed by atoms with Crippen LogP contribution < -0.4 is 5.32 Å². The number of methoxy groups -OCH3 is 1. The highest BCUT2D eigenvalue weighted by Gasteiger charge is 2.26. The second-order valence-electron chi connectivity index (χ2n) is 7.15. The zero-order valence-electron chi connectivity index (χ0n) is 15.3. The van der Waals surface area contributed by atoms with E-state index in [0.717, 1.165) is 23.5 Å². The maximum Gasteiger partial charge on any atom is 0.410 e. The molecular formula is C17H28N4O3. The molecule has 7 heteroatoms. The predicted molar refractivity (Wildman–Crippen MR) is 90.6 cm³/mol. The van der Waals surface area contributed by atoms with Crippen LogP contribution >= 0.6 is 0 Å². The lowest BCUT2D eigenvalue weighted by atomic mass is 10.1. The van der Waals surface area contributed by atoms with Gasteiger partial charge in [0.2, 0.25) is 0 Å². The van der Waals surface area contributed by atoms with E-state index >= 15 is 0 Å². The lowest BCUT2D eigenvalue weighted by Crippen LogP contribution is -2.40. The summed E-state index contributed by atoms with van der Waals surface area (Å²) < 4.78 is 10.5. The molecule has 0 saturated carbocycles. The Morgan fingerprint density at radius 2 is 2.21 bits per heavy atom. The first-order chi connectivity index (χ1) is 11.3. The lowest BCUT2D eigenvalue weighted by Gasteiger charge is -2.30. The molecule has 1 unspecified atom stereocenters. The molecule has 0 radical (unpaired) electrons. The normalized spacial score (nSPS) is 15.8. The molecule has 0 bridgehead atoms. The van der Waals surface area contributed by atoms with E-state index in [1.54, 1.807) is 12.0 Å². The number of fused-ring (bicyclic) bond motifs is 1. The fourth-order valence-corrected chi connectivity index (χ4v) is 2.50. The molecule has 1 N–H and O–H groups in total. The zero-order valence-corrected chi connectivity index (χ0v) is 15.3. The van der Waals surface area contributed by atoms with Gasteiger partial charge in [-0.1, -0.05) is 0 Å². The number of nitrogens with one attached hydrogen (secondary N) is 1. The first kappa shape index (κ1) is 18.6. The van der Waals surface area contributed by atoms with E-state index in [9.17, 15) is 4.79 Å². The standard InChI is InChI=1S/C17H28N4O3/c1-12(11-23-5)18-9-15-19-8-13-10-21(7-6-14(13)20-15)16(22)24-17(2,3)4/h8,12,18H,6-7,9-11H2,1-5H3. The third kappa shape index (κ3) is 5.42. The van der Waals surface area contributed by atoms with E-state index in [0.29, 0.717) is 26.2 Å². The molecular weight excluding hydrogens is 308 g/mol. The number of aromatic nitrogens is 2. The van der Waals surface area contributed by atoms with E-state index in [1.165, 1.54) is 0 Å². The summed E-state index contributed by atoms with van der Waals surface area (Å²) >= 11 is 0. The van der Waals surface area contributed by atoms with Crippen LogP contribution in [0.5, 0.6) is 0 Å². The fraction of sp³-hybridized carbons (Fsp3) is 0.706. The summed E-state index contributed by atoms with van der Waals surface area (Å²) in [4.78, 5) is 22.9. The van der Waals surface area contributed by atoms with Crippen molar-refractivity contribution in [1.82, 2.24) is 20.2 Å². The minimum atomic E-state index is -0.484. The Morgan fingerprint density at radius 3 is 2.88 bits per heavy atom. The van der Waals surface area contributed by atoms with Crippen molar-refractivity contribution < 1.29 is 14.3 Å². The average Bonchev–Trinajstić information content (AvgIpc) is 2.51. The summed E-state index contributed by atoms with van der Waals surface area (Å²) in [5.41, 5.74) is 1.52. The van der Waals surface area contributed by atoms with Crippen LogP contribution in [0.3, 0.4) is 0 Å². The van der Waals surface area contributed by atoms with Crippen LogP contribution in [0.15, 0.2) is 6.20 Å². The highest BCUT2D eigenvalue weighted by atomic mass is 16.6. The van der Waals surface area contributed by atoms with Crippen molar-refractivity contribution in [3.8, 4) is 0 Å². The van der Waals surface area contributed by atoms with E-state index < -0.39 is 5.60 Å². The maximum absolute atomic E-state index is 12.2. The SMILES string of the molecule is COCC(C)NCc1ncc2c(n1)CCN(C(=O)OC(C)(C)C)C2. The van der Waals surface area contributed by atoms with Gasteiger partial charge in [0.05, 0.1) is 25.4 Å². The van der Waals surface area contributed by atoms with Crippen LogP contribution in [0.25, 0.3) is 0 Å². The van der Waals surface area contributed by atoms with Crippen molar-refractivity contribution in [2.45, 2.75) is 58.8 Å². The average molecular weight is 336 g/mol. The summed E-state index contributed by atoms with van der Waals surface area (Å²) in [5, 5.41) is 3.32. The third-order valence-corrected chi connectivity index (χ3v) is 3.66. The topological polar surface area (TPSA) is 76.6 Å². The van der Waals surface area contributed by atoms with Gasteiger partial charge in [-0.15, -0.1) is 0 Å². The summed E-state index contributed by atoms with van der Waals surface area (Å²) in [7, 11) is 1.68. The molecule has 1 aliphatic rings. The van der Waals surface area contributed by atoms with Gasteiger partial charge in [0.1, 0.15) is 11.4 Å². The van der Waals surface area contributed by atoms with Crippen LogP contribution in [-0.2, 0) is 29.0 Å². The number of carbonyl (C=O) groups is 1. The van der Waals surface area contributed by atoms with Crippen molar-refractivity contribution in [2.24, 2.45) is 0 Å². The molecule has 24 heavy (non-hydrogen) atoms. The van der Waals surface area contributed by atoms with E-state index in [2.05, 4.69) is 22.2 Å². The van der Waals surface area contributed by atoms with Crippen molar-refractivity contribution in [2.75, 3.05) is 20.3 Å². The Balaban J connectivity index is 1.95. The summed E-state index contributed by atoms with van der Waals surface area (Å²) in [6, 6.07) is 0.247. The molecule has 0 aliphatic carbocycles. The second-order valence-corrected chi connectivity index (χ2v) is 7.15. The number of carbonyl (C=O) groups excluding carboxylic acids is 1. The Labute approximate surface area is 143 Å². The number of ether oxygens (including phenoxy) is 2. The van der Waals surface area contributed by atoms with Crippen molar-refractivity contribution in [3.05, 3.63) is 23.3 Å². The number of hydrogen-bond acceptors (Lipinski definition) is 6. The first-order valence-electron chi connectivity index (χ1n) is 8.32. The lowest BCUT2D eigenvalue weighted by molar-refractivity contribution is 0.0222. The molecule has 134 valence electrons. The first-order valence-corrected chi connectivity index (χ1v) is 8.32. The zero-order chi connectivity index (χ0) is 17.7. The predicted octanol–water partition coefficient (Wildman–Crippen LogP) is 1.89. The van der Waals surface area contributed by atoms with Crippen LogP contribution in [-0.4, -0.2) is 52.9 Å². The molecule has 0 spiro atoms. The quantitative estimate of drug-likeness (QED) is 0.885. The van der Waals surface area contributed by atoms with Gasteiger partial charge in [0.15, 0.2) is 0 Å². The summed E-state index contributed by atoms with van der Waals surface area (Å²) in [6.45, 7) is 10.0. The minimum absolute atomic E-state index is 0.247. The molecule has 7 nitrogen and oxygen atoms in total.